The molecule has 4 rings (SSSR count). The summed E-state index contributed by atoms with van der Waals surface area (Å²) in [5.74, 6) is 1.44. The summed E-state index contributed by atoms with van der Waals surface area (Å²) in [5.41, 5.74) is 0.561. The Morgan fingerprint density at radius 1 is 1.06 bits per heavy atom. The number of amides is 3. The third-order valence-corrected chi connectivity index (χ3v) is 5.39. The molecule has 33 heavy (non-hydrogen) atoms. The molecule has 1 aliphatic rings. The van der Waals surface area contributed by atoms with E-state index in [-0.39, 0.29) is 5.91 Å². The van der Waals surface area contributed by atoms with Gasteiger partial charge in [0.2, 0.25) is 5.91 Å². The van der Waals surface area contributed by atoms with Gasteiger partial charge in [-0.15, -0.1) is 0 Å². The van der Waals surface area contributed by atoms with E-state index in [4.69, 9.17) is 4.74 Å². The number of rotatable bonds is 7. The summed E-state index contributed by atoms with van der Waals surface area (Å²) in [7, 11) is 0. The fourth-order valence-corrected chi connectivity index (χ4v) is 3.76. The molecule has 0 unspecified atom stereocenters. The van der Waals surface area contributed by atoms with Gasteiger partial charge in [-0.1, -0.05) is 0 Å². The molecule has 1 aromatic carbocycles. The molecule has 1 saturated heterocycles. The number of nitrogens with one attached hydrogen (secondary N) is 2. The Kier molecular flexibility index (Phi) is 6.72. The van der Waals surface area contributed by atoms with Gasteiger partial charge in [-0.3, -0.25) is 14.7 Å². The zero-order chi connectivity index (χ0) is 23.2. The number of carbonyl (C=O) groups excluding carboxylic acids is 2. The molecule has 3 aromatic rings. The first-order valence-corrected chi connectivity index (χ1v) is 10.8. The number of urea groups is 1. The van der Waals surface area contributed by atoms with Gasteiger partial charge in [0, 0.05) is 49.9 Å². The molecule has 10 heteroatoms. The number of nitrogens with zero attached hydrogens (tertiary/aromatic N) is 3. The van der Waals surface area contributed by atoms with Crippen LogP contribution in [0.25, 0.3) is 10.9 Å². The lowest BCUT2D eigenvalue weighted by molar-refractivity contribution is -0.130. The second kappa shape index (κ2) is 10.0. The monoisotopic (exact) mass is 451 g/mol. The van der Waals surface area contributed by atoms with Crippen molar-refractivity contribution >= 4 is 34.8 Å². The molecule has 0 spiro atoms. The van der Waals surface area contributed by atoms with Crippen molar-refractivity contribution in [2.24, 2.45) is 0 Å². The highest BCUT2D eigenvalue weighted by Crippen LogP contribution is 2.27. The minimum Gasteiger partial charge on any atom is -0.464 e. The maximum absolute atomic E-state index is 12.1. The van der Waals surface area contributed by atoms with E-state index in [1.54, 1.807) is 36.4 Å². The largest absolute Gasteiger partial charge is 0.464 e. The van der Waals surface area contributed by atoms with Crippen molar-refractivity contribution in [2.75, 3.05) is 25.0 Å². The van der Waals surface area contributed by atoms with Gasteiger partial charge in [-0.2, -0.15) is 0 Å². The van der Waals surface area contributed by atoms with Crippen LogP contribution in [0.4, 0.5) is 15.4 Å². The second-order valence-electron chi connectivity index (χ2n) is 7.74. The molecule has 172 valence electrons. The van der Waals surface area contributed by atoms with Crippen LogP contribution in [0.5, 0.6) is 11.5 Å². The number of hydrogen-bond donors (Lipinski definition) is 3. The summed E-state index contributed by atoms with van der Waals surface area (Å²) in [4.78, 5) is 41.4. The number of ether oxygens (including phenoxy) is 1. The molecule has 1 fully saturated rings. The second-order valence-corrected chi connectivity index (χ2v) is 7.74. The zero-order valence-electron chi connectivity index (χ0n) is 18.0. The highest BCUT2D eigenvalue weighted by Gasteiger charge is 2.17. The third kappa shape index (κ3) is 5.59. The SMILES string of the molecule is O=C(NCCCC(=O)N1CCCC1)Nc1cc(Oc2ccc3c(ccn3C(=O)O)c2)ccn1. The lowest BCUT2D eigenvalue weighted by Crippen LogP contribution is -2.32. The molecular weight excluding hydrogens is 426 g/mol. The number of benzene rings is 1. The van der Waals surface area contributed by atoms with Gasteiger partial charge < -0.3 is 20.1 Å². The standard InChI is InChI=1S/C23H25N5O5/c29-21(27-11-1-2-12-27)4-3-9-25-22(30)26-20-15-18(7-10-24-20)33-17-5-6-19-16(14-17)8-13-28(19)23(31)32/h5-8,10,13-15H,1-4,9,11-12H2,(H,31,32)(H2,24,25,26,30). The van der Waals surface area contributed by atoms with Gasteiger partial charge in [-0.25, -0.2) is 14.6 Å². The maximum Gasteiger partial charge on any atom is 0.415 e. The van der Waals surface area contributed by atoms with Crippen LogP contribution in [0.1, 0.15) is 25.7 Å². The third-order valence-electron chi connectivity index (χ3n) is 5.39. The number of likely N-dealkylation sites (tertiary alicyclic amines) is 1. The van der Waals surface area contributed by atoms with Crippen molar-refractivity contribution in [2.45, 2.75) is 25.7 Å². The first-order chi connectivity index (χ1) is 16.0. The van der Waals surface area contributed by atoms with Gasteiger partial charge >= 0.3 is 12.1 Å². The summed E-state index contributed by atoms with van der Waals surface area (Å²) in [6.07, 6.45) is 5.06. The smallest absolute Gasteiger partial charge is 0.415 e. The van der Waals surface area contributed by atoms with E-state index in [0.717, 1.165) is 35.9 Å². The Hall–Kier alpha value is -4.08. The summed E-state index contributed by atoms with van der Waals surface area (Å²) in [6.45, 7) is 2.05. The van der Waals surface area contributed by atoms with Crippen LogP contribution < -0.4 is 15.4 Å². The van der Waals surface area contributed by atoms with Crippen LogP contribution in [-0.2, 0) is 4.79 Å². The molecular formula is C23H25N5O5. The molecule has 0 saturated carbocycles. The van der Waals surface area contributed by atoms with Crippen LogP contribution >= 0.6 is 0 Å². The minimum absolute atomic E-state index is 0.138. The lowest BCUT2D eigenvalue weighted by Gasteiger charge is -2.15. The number of pyridine rings is 1. The van der Waals surface area contributed by atoms with Crippen molar-refractivity contribution in [3.8, 4) is 11.5 Å². The molecule has 1 aliphatic heterocycles. The number of anilines is 1. The summed E-state index contributed by atoms with van der Waals surface area (Å²) in [5, 5.41) is 15.3. The van der Waals surface area contributed by atoms with Gasteiger partial charge in [0.1, 0.15) is 17.3 Å². The Bertz CT molecular complexity index is 1170. The van der Waals surface area contributed by atoms with Gasteiger partial charge in [0.25, 0.3) is 0 Å². The molecule has 0 aliphatic carbocycles. The minimum atomic E-state index is -1.06. The van der Waals surface area contributed by atoms with E-state index in [9.17, 15) is 19.5 Å². The molecule has 2 aromatic heterocycles. The number of carboxylic acid groups (broad SMARTS) is 1. The number of aromatic nitrogens is 2. The molecule has 0 radical (unpaired) electrons. The van der Waals surface area contributed by atoms with E-state index in [0.29, 0.717) is 42.2 Å². The van der Waals surface area contributed by atoms with E-state index in [1.165, 1.54) is 12.4 Å². The highest BCUT2D eigenvalue weighted by molar-refractivity contribution is 5.90. The maximum atomic E-state index is 12.1. The highest BCUT2D eigenvalue weighted by atomic mass is 16.5. The average Bonchev–Trinajstić information content (AvgIpc) is 3.47. The summed E-state index contributed by atoms with van der Waals surface area (Å²) < 4.78 is 6.97. The first-order valence-electron chi connectivity index (χ1n) is 10.8. The van der Waals surface area contributed by atoms with Crippen LogP contribution in [0.15, 0.2) is 48.8 Å². The molecule has 0 bridgehead atoms. The number of fused-ring (bicyclic) bond motifs is 1. The zero-order valence-corrected chi connectivity index (χ0v) is 18.0. The van der Waals surface area contributed by atoms with Crippen molar-refractivity contribution in [3.05, 3.63) is 48.8 Å². The van der Waals surface area contributed by atoms with E-state index in [2.05, 4.69) is 15.6 Å². The van der Waals surface area contributed by atoms with Crippen molar-refractivity contribution in [1.82, 2.24) is 19.8 Å². The van der Waals surface area contributed by atoms with Crippen LogP contribution in [-0.4, -0.2) is 57.2 Å². The fraction of sp³-hybridized carbons (Fsp3) is 0.304. The van der Waals surface area contributed by atoms with Crippen molar-refractivity contribution in [1.29, 1.82) is 0 Å². The quantitative estimate of drug-likeness (QED) is 0.468. The van der Waals surface area contributed by atoms with Gasteiger partial charge in [-0.05, 0) is 49.6 Å². The molecule has 0 atom stereocenters. The molecule has 3 N–H and O–H groups in total. The Balaban J connectivity index is 1.27. The Morgan fingerprint density at radius 3 is 2.64 bits per heavy atom. The van der Waals surface area contributed by atoms with Gasteiger partial charge in [0.15, 0.2) is 0 Å². The Labute approximate surface area is 190 Å². The first kappa shape index (κ1) is 22.1. The Morgan fingerprint density at radius 2 is 1.85 bits per heavy atom. The number of carbonyl (C=O) groups is 3. The van der Waals surface area contributed by atoms with Crippen molar-refractivity contribution < 1.29 is 24.2 Å². The summed E-state index contributed by atoms with van der Waals surface area (Å²) >= 11 is 0. The van der Waals surface area contributed by atoms with Crippen LogP contribution in [0.3, 0.4) is 0 Å². The van der Waals surface area contributed by atoms with Crippen LogP contribution in [0, 0.1) is 0 Å². The van der Waals surface area contributed by atoms with Gasteiger partial charge in [0.05, 0.1) is 5.52 Å². The van der Waals surface area contributed by atoms with E-state index < -0.39 is 12.1 Å². The van der Waals surface area contributed by atoms with E-state index in [1.807, 2.05) is 4.90 Å². The normalized spacial score (nSPS) is 13.2. The average molecular weight is 451 g/mol. The van der Waals surface area contributed by atoms with E-state index >= 15 is 0 Å². The topological polar surface area (TPSA) is 126 Å². The van der Waals surface area contributed by atoms with Crippen LogP contribution in [0.2, 0.25) is 0 Å². The summed E-state index contributed by atoms with van der Waals surface area (Å²) in [6, 6.07) is 9.59. The predicted molar refractivity (Wildman–Crippen MR) is 122 cm³/mol. The predicted octanol–water partition coefficient (Wildman–Crippen LogP) is 3.88. The van der Waals surface area contributed by atoms with Crippen molar-refractivity contribution in [3.63, 3.8) is 0 Å². The molecule has 3 heterocycles. The molecule has 3 amide bonds. The number of hydrogen-bond acceptors (Lipinski definition) is 5. The fourth-order valence-electron chi connectivity index (χ4n) is 3.76. The lowest BCUT2D eigenvalue weighted by atomic mass is 10.2. The molecule has 10 nitrogen and oxygen atoms in total.